The second kappa shape index (κ2) is 6.72. The van der Waals surface area contributed by atoms with Crippen LogP contribution in [-0.2, 0) is 9.59 Å². The highest BCUT2D eigenvalue weighted by Gasteiger charge is 2.48. The summed E-state index contributed by atoms with van der Waals surface area (Å²) < 4.78 is 0. The summed E-state index contributed by atoms with van der Waals surface area (Å²) in [6.07, 6.45) is 6.65. The van der Waals surface area contributed by atoms with E-state index >= 15 is 0 Å². The number of anilines is 1. The minimum Gasteiger partial charge on any atom is -0.341 e. The van der Waals surface area contributed by atoms with E-state index in [9.17, 15) is 9.59 Å². The van der Waals surface area contributed by atoms with Gasteiger partial charge in [0.25, 0.3) is 0 Å². The van der Waals surface area contributed by atoms with E-state index in [-0.39, 0.29) is 11.4 Å². The van der Waals surface area contributed by atoms with Gasteiger partial charge in [0.05, 0.1) is 17.8 Å². The number of hydrogen-bond donors (Lipinski definition) is 0. The van der Waals surface area contributed by atoms with Crippen molar-refractivity contribution < 1.29 is 9.59 Å². The summed E-state index contributed by atoms with van der Waals surface area (Å²) in [4.78, 5) is 31.4. The highest BCUT2D eigenvalue weighted by molar-refractivity contribution is 7.08. The zero-order valence-electron chi connectivity index (χ0n) is 14.9. The number of likely N-dealkylation sites (tertiary alicyclic amines) is 1. The maximum atomic E-state index is 12.7. The molecule has 1 atom stereocenters. The van der Waals surface area contributed by atoms with Crippen LogP contribution in [0.4, 0.5) is 5.69 Å². The summed E-state index contributed by atoms with van der Waals surface area (Å²) >= 11 is 1.62. The first kappa shape index (κ1) is 17.0. The standard InChI is InChI=1S/C19H27N3O2S/c1-20-11-18(24)22(16-6-9-25-12-16)14-19(20)7-8-21(13-19)17(23)10-15-4-2-3-5-15/h6,9,12,15H,2-5,7-8,10-11,13-14H2,1H3. The van der Waals surface area contributed by atoms with Gasteiger partial charge in [0, 0.05) is 31.4 Å². The van der Waals surface area contributed by atoms with E-state index in [1.165, 1.54) is 25.7 Å². The Hall–Kier alpha value is -1.40. The molecule has 1 spiro atoms. The molecule has 5 nitrogen and oxygen atoms in total. The van der Waals surface area contributed by atoms with Crippen LogP contribution in [0.15, 0.2) is 16.8 Å². The normalized spacial score (nSPS) is 28.4. The maximum Gasteiger partial charge on any atom is 0.241 e. The molecule has 1 aliphatic carbocycles. The Morgan fingerprint density at radius 1 is 1.32 bits per heavy atom. The van der Waals surface area contributed by atoms with Crippen LogP contribution in [0.2, 0.25) is 0 Å². The third kappa shape index (κ3) is 3.22. The van der Waals surface area contributed by atoms with Crippen LogP contribution in [0.1, 0.15) is 38.5 Å². The number of likely N-dealkylation sites (N-methyl/N-ethyl adjacent to an activating group) is 1. The van der Waals surface area contributed by atoms with Gasteiger partial charge in [-0.25, -0.2) is 0 Å². The number of amides is 2. The number of nitrogens with zero attached hydrogens (tertiary/aromatic N) is 3. The summed E-state index contributed by atoms with van der Waals surface area (Å²) in [5.74, 6) is 1.07. The van der Waals surface area contributed by atoms with Crippen molar-refractivity contribution in [1.29, 1.82) is 0 Å². The van der Waals surface area contributed by atoms with Crippen molar-refractivity contribution in [2.45, 2.75) is 44.1 Å². The first-order chi connectivity index (χ1) is 12.1. The van der Waals surface area contributed by atoms with Gasteiger partial charge in [-0.15, -0.1) is 0 Å². The molecule has 136 valence electrons. The predicted octanol–water partition coefficient (Wildman–Crippen LogP) is 2.58. The molecule has 3 heterocycles. The summed E-state index contributed by atoms with van der Waals surface area (Å²) in [5, 5.41) is 4.05. The van der Waals surface area contributed by atoms with Crippen molar-refractivity contribution in [2.24, 2.45) is 5.92 Å². The lowest BCUT2D eigenvalue weighted by molar-refractivity contribution is -0.131. The van der Waals surface area contributed by atoms with Gasteiger partial charge in [0.1, 0.15) is 0 Å². The molecule has 2 aliphatic heterocycles. The first-order valence-electron chi connectivity index (χ1n) is 9.39. The van der Waals surface area contributed by atoms with Crippen LogP contribution in [-0.4, -0.2) is 60.4 Å². The Morgan fingerprint density at radius 3 is 2.84 bits per heavy atom. The van der Waals surface area contributed by atoms with Crippen molar-refractivity contribution in [2.75, 3.05) is 38.1 Å². The van der Waals surface area contributed by atoms with Gasteiger partial charge in [0.15, 0.2) is 0 Å². The lowest BCUT2D eigenvalue weighted by Gasteiger charge is -2.46. The van der Waals surface area contributed by atoms with Crippen LogP contribution in [0.25, 0.3) is 0 Å². The van der Waals surface area contributed by atoms with Gasteiger partial charge in [-0.05, 0) is 43.7 Å². The zero-order chi connectivity index (χ0) is 17.4. The minimum atomic E-state index is -0.0960. The van der Waals surface area contributed by atoms with E-state index < -0.39 is 0 Å². The molecule has 3 aliphatic rings. The van der Waals surface area contributed by atoms with Crippen molar-refractivity contribution in [3.63, 3.8) is 0 Å². The zero-order valence-corrected chi connectivity index (χ0v) is 15.8. The van der Waals surface area contributed by atoms with Gasteiger partial charge in [-0.1, -0.05) is 12.8 Å². The minimum absolute atomic E-state index is 0.0960. The molecule has 1 saturated carbocycles. The Labute approximate surface area is 153 Å². The lowest BCUT2D eigenvalue weighted by Crippen LogP contribution is -2.64. The molecule has 0 aromatic carbocycles. The molecular formula is C19H27N3O2S. The van der Waals surface area contributed by atoms with Gasteiger partial charge >= 0.3 is 0 Å². The van der Waals surface area contributed by atoms with Crippen LogP contribution in [0.5, 0.6) is 0 Å². The molecule has 0 radical (unpaired) electrons. The molecule has 2 amide bonds. The highest BCUT2D eigenvalue weighted by Crippen LogP contribution is 2.35. The summed E-state index contributed by atoms with van der Waals surface area (Å²) in [6, 6.07) is 2.01. The summed E-state index contributed by atoms with van der Waals surface area (Å²) in [6.45, 7) is 2.69. The fourth-order valence-corrected chi connectivity index (χ4v) is 5.35. The van der Waals surface area contributed by atoms with Gasteiger partial charge < -0.3 is 9.80 Å². The van der Waals surface area contributed by atoms with E-state index in [1.807, 2.05) is 28.8 Å². The molecule has 3 fully saturated rings. The molecule has 25 heavy (non-hydrogen) atoms. The number of thiophene rings is 1. The van der Waals surface area contributed by atoms with E-state index in [1.54, 1.807) is 11.3 Å². The van der Waals surface area contributed by atoms with Crippen LogP contribution >= 0.6 is 11.3 Å². The third-order valence-corrected chi connectivity index (χ3v) is 7.05. The molecule has 0 bridgehead atoms. The highest BCUT2D eigenvalue weighted by atomic mass is 32.1. The predicted molar refractivity (Wildman–Crippen MR) is 99.8 cm³/mol. The van der Waals surface area contributed by atoms with Crippen LogP contribution < -0.4 is 4.90 Å². The van der Waals surface area contributed by atoms with Gasteiger partial charge in [0.2, 0.25) is 11.8 Å². The first-order valence-corrected chi connectivity index (χ1v) is 10.3. The third-order valence-electron chi connectivity index (χ3n) is 6.38. The maximum absolute atomic E-state index is 12.7. The fraction of sp³-hybridized carbons (Fsp3) is 0.684. The molecule has 1 aromatic rings. The average Bonchev–Trinajstić information content (AvgIpc) is 3.33. The van der Waals surface area contributed by atoms with Gasteiger partial charge in [-0.2, -0.15) is 11.3 Å². The molecule has 6 heteroatoms. The number of carbonyl (C=O) groups is 2. The number of rotatable bonds is 3. The monoisotopic (exact) mass is 361 g/mol. The Morgan fingerprint density at radius 2 is 2.12 bits per heavy atom. The number of piperazine rings is 1. The van der Waals surface area contributed by atoms with Crippen molar-refractivity contribution in [3.8, 4) is 0 Å². The topological polar surface area (TPSA) is 43.9 Å². The SMILES string of the molecule is CN1CC(=O)N(c2ccsc2)CC12CCN(C(=O)CC1CCCC1)C2. The molecule has 1 aromatic heterocycles. The molecule has 0 N–H and O–H groups in total. The smallest absolute Gasteiger partial charge is 0.241 e. The summed E-state index contributed by atoms with van der Waals surface area (Å²) in [5.41, 5.74) is 0.902. The summed E-state index contributed by atoms with van der Waals surface area (Å²) in [7, 11) is 2.04. The molecular weight excluding hydrogens is 334 g/mol. The molecule has 2 saturated heterocycles. The Balaban J connectivity index is 1.45. The lowest BCUT2D eigenvalue weighted by atomic mass is 9.92. The second-order valence-corrected chi connectivity index (χ2v) is 8.74. The van der Waals surface area contributed by atoms with E-state index in [0.717, 1.165) is 25.2 Å². The average molecular weight is 362 g/mol. The quantitative estimate of drug-likeness (QED) is 0.831. The Kier molecular flexibility index (Phi) is 4.58. The fourth-order valence-electron chi connectivity index (χ4n) is 4.71. The Bertz CT molecular complexity index is 641. The van der Waals surface area contributed by atoms with Crippen molar-refractivity contribution >= 4 is 28.8 Å². The number of hydrogen-bond acceptors (Lipinski definition) is 4. The number of carbonyl (C=O) groups excluding carboxylic acids is 2. The van der Waals surface area contributed by atoms with E-state index in [4.69, 9.17) is 0 Å². The van der Waals surface area contributed by atoms with Gasteiger partial charge in [-0.3, -0.25) is 14.5 Å². The van der Waals surface area contributed by atoms with Crippen LogP contribution in [0, 0.1) is 5.92 Å². The second-order valence-electron chi connectivity index (χ2n) is 7.96. The van der Waals surface area contributed by atoms with E-state index in [2.05, 4.69) is 9.80 Å². The van der Waals surface area contributed by atoms with E-state index in [0.29, 0.717) is 31.3 Å². The largest absolute Gasteiger partial charge is 0.341 e. The van der Waals surface area contributed by atoms with Crippen molar-refractivity contribution in [3.05, 3.63) is 16.8 Å². The molecule has 4 rings (SSSR count). The van der Waals surface area contributed by atoms with Crippen LogP contribution in [0.3, 0.4) is 0 Å². The van der Waals surface area contributed by atoms with Crippen molar-refractivity contribution in [1.82, 2.24) is 9.80 Å². The molecule has 1 unspecified atom stereocenters.